The Morgan fingerprint density at radius 2 is 1.49 bits per heavy atom. The molecule has 3 aromatic heterocycles. The fourth-order valence-corrected chi connectivity index (χ4v) is 3.89. The SMILES string of the molecule is [C-]#[N+]c1ccc2nccc(Nc3ccc4nc(-c5ccc(Nc6ccncc6)cc5)oc4c3)c2c1. The van der Waals surface area contributed by atoms with E-state index in [1.54, 1.807) is 24.7 Å². The van der Waals surface area contributed by atoms with E-state index < -0.39 is 0 Å². The highest BCUT2D eigenvalue weighted by Gasteiger charge is 2.10. The van der Waals surface area contributed by atoms with Gasteiger partial charge in [0.2, 0.25) is 5.89 Å². The summed E-state index contributed by atoms with van der Waals surface area (Å²) in [7, 11) is 0. The number of nitrogens with zero attached hydrogens (tertiary/aromatic N) is 4. The zero-order valence-corrected chi connectivity index (χ0v) is 18.4. The third-order valence-electron chi connectivity index (χ3n) is 5.62. The van der Waals surface area contributed by atoms with Crippen molar-refractivity contribution in [3.05, 3.63) is 109 Å². The Bertz CT molecular complexity index is 1700. The Balaban J connectivity index is 1.26. The summed E-state index contributed by atoms with van der Waals surface area (Å²) in [6.45, 7) is 7.30. The van der Waals surface area contributed by atoms with Crippen molar-refractivity contribution in [2.45, 2.75) is 0 Å². The van der Waals surface area contributed by atoms with Gasteiger partial charge >= 0.3 is 0 Å². The average molecular weight is 454 g/mol. The first-order chi connectivity index (χ1) is 17.2. The number of anilines is 4. The predicted octanol–water partition coefficient (Wildman–Crippen LogP) is 7.48. The van der Waals surface area contributed by atoms with Crippen molar-refractivity contribution < 1.29 is 4.42 Å². The van der Waals surface area contributed by atoms with Crippen molar-refractivity contribution in [3.8, 4) is 11.5 Å². The lowest BCUT2D eigenvalue weighted by molar-refractivity contribution is 0.620. The number of fused-ring (bicyclic) bond motifs is 2. The standard InChI is InChI=1S/C28H18N6O/c1-29-21-6-8-24-23(16-21)25(12-15-31-24)33-22-7-9-26-27(17-22)35-28(34-26)18-2-4-19(5-3-18)32-20-10-13-30-14-11-20/h2-17H,(H,30,32)(H,31,33). The van der Waals surface area contributed by atoms with Crippen LogP contribution in [0.1, 0.15) is 0 Å². The minimum Gasteiger partial charge on any atom is -0.436 e. The molecule has 35 heavy (non-hydrogen) atoms. The van der Waals surface area contributed by atoms with E-state index >= 15 is 0 Å². The number of benzene rings is 3. The van der Waals surface area contributed by atoms with Gasteiger partial charge < -0.3 is 15.1 Å². The summed E-state index contributed by atoms with van der Waals surface area (Å²) in [4.78, 5) is 16.6. The molecule has 7 heteroatoms. The Morgan fingerprint density at radius 3 is 2.31 bits per heavy atom. The molecule has 0 aliphatic carbocycles. The summed E-state index contributed by atoms with van der Waals surface area (Å²) >= 11 is 0. The second-order valence-electron chi connectivity index (χ2n) is 7.94. The van der Waals surface area contributed by atoms with Crippen molar-refractivity contribution >= 4 is 50.4 Å². The van der Waals surface area contributed by atoms with E-state index in [4.69, 9.17) is 11.0 Å². The van der Waals surface area contributed by atoms with Gasteiger partial charge in [-0.15, -0.1) is 0 Å². The van der Waals surface area contributed by atoms with Crippen LogP contribution in [0.15, 0.2) is 102 Å². The van der Waals surface area contributed by atoms with E-state index in [1.807, 2.05) is 72.8 Å². The molecule has 2 N–H and O–H groups in total. The van der Waals surface area contributed by atoms with Crippen LogP contribution >= 0.6 is 0 Å². The van der Waals surface area contributed by atoms with Gasteiger partial charge in [0.1, 0.15) is 5.52 Å². The van der Waals surface area contributed by atoms with Gasteiger partial charge in [0, 0.05) is 58.4 Å². The van der Waals surface area contributed by atoms with Crippen LogP contribution < -0.4 is 10.6 Å². The summed E-state index contributed by atoms with van der Waals surface area (Å²) in [5, 5.41) is 7.65. The van der Waals surface area contributed by atoms with E-state index in [9.17, 15) is 0 Å². The molecule has 0 bridgehead atoms. The molecule has 0 aliphatic rings. The quantitative estimate of drug-likeness (QED) is 0.263. The molecule has 0 aliphatic heterocycles. The van der Waals surface area contributed by atoms with E-state index in [2.05, 4.69) is 30.4 Å². The summed E-state index contributed by atoms with van der Waals surface area (Å²) in [5.74, 6) is 0.559. The normalized spacial score (nSPS) is 10.8. The van der Waals surface area contributed by atoms with Crippen molar-refractivity contribution in [2.24, 2.45) is 0 Å². The van der Waals surface area contributed by atoms with Crippen LogP contribution in [0.4, 0.5) is 28.4 Å². The van der Waals surface area contributed by atoms with Gasteiger partial charge in [0.15, 0.2) is 11.3 Å². The smallest absolute Gasteiger partial charge is 0.227 e. The number of aromatic nitrogens is 3. The zero-order chi connectivity index (χ0) is 23.6. The number of oxazole rings is 1. The fraction of sp³-hybridized carbons (Fsp3) is 0. The van der Waals surface area contributed by atoms with Crippen LogP contribution in [0.25, 0.3) is 38.3 Å². The van der Waals surface area contributed by atoms with Crippen molar-refractivity contribution in [3.63, 3.8) is 0 Å². The highest BCUT2D eigenvalue weighted by atomic mass is 16.3. The largest absolute Gasteiger partial charge is 0.436 e. The number of nitrogens with one attached hydrogen (secondary N) is 2. The summed E-state index contributed by atoms with van der Waals surface area (Å²) in [6.07, 6.45) is 5.25. The molecule has 6 aromatic rings. The van der Waals surface area contributed by atoms with Crippen LogP contribution in [0.5, 0.6) is 0 Å². The molecule has 3 heterocycles. The van der Waals surface area contributed by atoms with E-state index in [0.29, 0.717) is 17.2 Å². The first-order valence-electron chi connectivity index (χ1n) is 11.0. The summed E-state index contributed by atoms with van der Waals surface area (Å²) in [6, 6.07) is 25.0. The molecule has 0 spiro atoms. The van der Waals surface area contributed by atoms with Gasteiger partial charge in [-0.2, -0.15) is 0 Å². The molecule has 0 amide bonds. The first-order valence-corrected chi connectivity index (χ1v) is 11.0. The molecule has 0 saturated carbocycles. The Kier molecular flexibility index (Phi) is 5.02. The van der Waals surface area contributed by atoms with Crippen molar-refractivity contribution in [2.75, 3.05) is 10.6 Å². The number of hydrogen-bond donors (Lipinski definition) is 2. The Hall–Kier alpha value is -5.22. The molecule has 0 saturated heterocycles. The lowest BCUT2D eigenvalue weighted by atomic mass is 10.1. The van der Waals surface area contributed by atoms with Gasteiger partial charge in [-0.05, 0) is 66.7 Å². The van der Waals surface area contributed by atoms with Crippen LogP contribution in [-0.4, -0.2) is 15.0 Å². The Morgan fingerprint density at radius 1 is 0.714 bits per heavy atom. The summed E-state index contributed by atoms with van der Waals surface area (Å²) in [5.41, 5.74) is 7.43. The molecule has 7 nitrogen and oxygen atoms in total. The fourth-order valence-electron chi connectivity index (χ4n) is 3.89. The van der Waals surface area contributed by atoms with E-state index in [1.165, 1.54) is 0 Å². The number of pyridine rings is 2. The maximum absolute atomic E-state index is 7.30. The monoisotopic (exact) mass is 454 g/mol. The van der Waals surface area contributed by atoms with Crippen molar-refractivity contribution in [1.82, 2.24) is 15.0 Å². The third-order valence-corrected chi connectivity index (χ3v) is 5.62. The molecular weight excluding hydrogens is 436 g/mol. The topological polar surface area (TPSA) is 80.2 Å². The first kappa shape index (κ1) is 20.4. The molecule has 166 valence electrons. The van der Waals surface area contributed by atoms with E-state index in [0.717, 1.165) is 44.7 Å². The van der Waals surface area contributed by atoms with E-state index in [-0.39, 0.29) is 0 Å². The van der Waals surface area contributed by atoms with Gasteiger partial charge in [-0.1, -0.05) is 6.07 Å². The number of hydrogen-bond acceptors (Lipinski definition) is 6. The van der Waals surface area contributed by atoms with Gasteiger partial charge in [0.05, 0.1) is 12.1 Å². The van der Waals surface area contributed by atoms with Gasteiger partial charge in [0.25, 0.3) is 0 Å². The second-order valence-corrected chi connectivity index (χ2v) is 7.94. The molecule has 0 radical (unpaired) electrons. The molecule has 0 atom stereocenters. The highest BCUT2D eigenvalue weighted by Crippen LogP contribution is 2.31. The van der Waals surface area contributed by atoms with Gasteiger partial charge in [-0.3, -0.25) is 9.97 Å². The maximum atomic E-state index is 7.30. The predicted molar refractivity (Wildman–Crippen MR) is 138 cm³/mol. The average Bonchev–Trinajstić information content (AvgIpc) is 3.33. The van der Waals surface area contributed by atoms with Crippen LogP contribution in [0.2, 0.25) is 0 Å². The Labute approximate surface area is 200 Å². The van der Waals surface area contributed by atoms with Crippen LogP contribution in [-0.2, 0) is 0 Å². The van der Waals surface area contributed by atoms with Crippen LogP contribution in [0, 0.1) is 6.57 Å². The van der Waals surface area contributed by atoms with Crippen molar-refractivity contribution in [1.29, 1.82) is 0 Å². The third kappa shape index (κ3) is 4.12. The number of rotatable bonds is 5. The molecule has 0 fully saturated rings. The molecular formula is C28H18N6O. The summed E-state index contributed by atoms with van der Waals surface area (Å²) < 4.78 is 6.08. The lowest BCUT2D eigenvalue weighted by Crippen LogP contribution is -1.92. The maximum Gasteiger partial charge on any atom is 0.227 e. The molecule has 3 aromatic carbocycles. The molecule has 0 unspecified atom stereocenters. The highest BCUT2D eigenvalue weighted by molar-refractivity contribution is 5.95. The lowest BCUT2D eigenvalue weighted by Gasteiger charge is -2.09. The zero-order valence-electron chi connectivity index (χ0n) is 18.4. The minimum atomic E-state index is 0.559. The molecule has 6 rings (SSSR count). The van der Waals surface area contributed by atoms with Crippen LogP contribution in [0.3, 0.4) is 0 Å². The minimum absolute atomic E-state index is 0.559. The van der Waals surface area contributed by atoms with Gasteiger partial charge in [-0.25, -0.2) is 9.83 Å². The second kappa shape index (κ2) is 8.61.